The van der Waals surface area contributed by atoms with Gasteiger partial charge in [-0.05, 0) is 17.4 Å². The highest BCUT2D eigenvalue weighted by molar-refractivity contribution is 6.01. The summed E-state index contributed by atoms with van der Waals surface area (Å²) >= 11 is 0. The van der Waals surface area contributed by atoms with E-state index in [-0.39, 0.29) is 6.03 Å². The Morgan fingerprint density at radius 1 is 1.04 bits per heavy atom. The number of hydrogen-bond donors (Lipinski definition) is 1. The van der Waals surface area contributed by atoms with Crippen LogP contribution in [0.5, 0.6) is 0 Å². The first-order chi connectivity index (χ1) is 11.1. The first-order valence-corrected chi connectivity index (χ1v) is 8.39. The molecule has 0 bridgehead atoms. The first kappa shape index (κ1) is 15.8. The summed E-state index contributed by atoms with van der Waals surface area (Å²) in [6.07, 6.45) is 0. The molecule has 0 aliphatic carbocycles. The molecule has 1 aliphatic rings. The van der Waals surface area contributed by atoms with Crippen molar-refractivity contribution in [3.05, 3.63) is 42.5 Å². The van der Waals surface area contributed by atoms with Gasteiger partial charge in [-0.2, -0.15) is 0 Å². The minimum Gasteiger partial charge on any atom is -0.322 e. The Balaban J connectivity index is 1.63. The van der Waals surface area contributed by atoms with Crippen LogP contribution < -0.4 is 5.32 Å². The Hall–Kier alpha value is -2.07. The normalized spacial score (nSPS) is 16.0. The maximum absolute atomic E-state index is 12.5. The zero-order valence-corrected chi connectivity index (χ0v) is 14.0. The van der Waals surface area contributed by atoms with Crippen molar-refractivity contribution in [2.45, 2.75) is 13.8 Å². The summed E-state index contributed by atoms with van der Waals surface area (Å²) in [4.78, 5) is 16.9. The van der Waals surface area contributed by atoms with Gasteiger partial charge in [0.1, 0.15) is 0 Å². The van der Waals surface area contributed by atoms with Gasteiger partial charge in [0.2, 0.25) is 0 Å². The lowest BCUT2D eigenvalue weighted by atomic mass is 10.1. The second-order valence-electron chi connectivity index (χ2n) is 6.64. The number of nitrogens with zero attached hydrogens (tertiary/aromatic N) is 2. The first-order valence-electron chi connectivity index (χ1n) is 8.39. The maximum Gasteiger partial charge on any atom is 0.321 e. The number of urea groups is 1. The highest BCUT2D eigenvalue weighted by Crippen LogP contribution is 2.23. The van der Waals surface area contributed by atoms with Crippen LogP contribution in [0.25, 0.3) is 10.8 Å². The van der Waals surface area contributed by atoms with E-state index in [4.69, 9.17) is 0 Å². The van der Waals surface area contributed by atoms with E-state index in [2.05, 4.69) is 36.2 Å². The smallest absolute Gasteiger partial charge is 0.321 e. The quantitative estimate of drug-likeness (QED) is 0.939. The third-order valence-corrected chi connectivity index (χ3v) is 4.31. The number of amides is 2. The summed E-state index contributed by atoms with van der Waals surface area (Å²) in [5.41, 5.74) is 0.887. The second-order valence-corrected chi connectivity index (χ2v) is 6.64. The van der Waals surface area contributed by atoms with Crippen molar-refractivity contribution in [2.75, 3.05) is 38.0 Å². The Morgan fingerprint density at radius 2 is 1.74 bits per heavy atom. The van der Waals surface area contributed by atoms with Gasteiger partial charge < -0.3 is 10.2 Å². The van der Waals surface area contributed by atoms with Gasteiger partial charge in [-0.25, -0.2) is 4.79 Å². The lowest BCUT2D eigenvalue weighted by Crippen LogP contribution is -2.50. The molecule has 0 saturated carbocycles. The van der Waals surface area contributed by atoms with E-state index in [0.717, 1.165) is 49.2 Å². The second kappa shape index (κ2) is 7.01. The van der Waals surface area contributed by atoms with Crippen molar-refractivity contribution in [1.82, 2.24) is 9.80 Å². The third kappa shape index (κ3) is 3.82. The van der Waals surface area contributed by atoms with Crippen molar-refractivity contribution >= 4 is 22.5 Å². The standard InChI is InChI=1S/C19H25N3O/c1-15(2)14-21-10-12-22(13-11-21)19(23)20-18-9-5-7-16-6-3-4-8-17(16)18/h3-9,15H,10-14H2,1-2H3,(H,20,23). The summed E-state index contributed by atoms with van der Waals surface area (Å²) in [6, 6.07) is 14.2. The number of rotatable bonds is 3. The highest BCUT2D eigenvalue weighted by atomic mass is 16.2. The molecule has 4 heteroatoms. The molecule has 4 nitrogen and oxygen atoms in total. The van der Waals surface area contributed by atoms with Crippen molar-refractivity contribution in [3.8, 4) is 0 Å². The van der Waals surface area contributed by atoms with Crippen molar-refractivity contribution < 1.29 is 4.79 Å². The molecular weight excluding hydrogens is 286 g/mol. The molecule has 0 aromatic heterocycles. The molecule has 0 spiro atoms. The maximum atomic E-state index is 12.5. The average molecular weight is 311 g/mol. The van der Waals surface area contributed by atoms with Crippen LogP contribution in [0.2, 0.25) is 0 Å². The Kier molecular flexibility index (Phi) is 4.82. The molecule has 122 valence electrons. The summed E-state index contributed by atoms with van der Waals surface area (Å²) in [7, 11) is 0. The van der Waals surface area contributed by atoms with Crippen LogP contribution in [-0.2, 0) is 0 Å². The molecule has 1 fully saturated rings. The van der Waals surface area contributed by atoms with Gasteiger partial charge in [0.25, 0.3) is 0 Å². The van der Waals surface area contributed by atoms with E-state index in [1.165, 1.54) is 0 Å². The van der Waals surface area contributed by atoms with Crippen LogP contribution in [0.4, 0.5) is 10.5 Å². The summed E-state index contributed by atoms with van der Waals surface area (Å²) in [5.74, 6) is 0.672. The fourth-order valence-electron chi connectivity index (χ4n) is 3.18. The van der Waals surface area contributed by atoms with Crippen molar-refractivity contribution in [3.63, 3.8) is 0 Å². The molecule has 1 saturated heterocycles. The molecule has 1 aliphatic heterocycles. The number of benzene rings is 2. The van der Waals surface area contributed by atoms with Gasteiger partial charge in [-0.1, -0.05) is 50.2 Å². The molecule has 3 rings (SSSR count). The molecular formula is C19H25N3O. The molecule has 2 amide bonds. The van der Waals surface area contributed by atoms with Crippen LogP contribution in [0.3, 0.4) is 0 Å². The number of carbonyl (C=O) groups excluding carboxylic acids is 1. The molecule has 1 N–H and O–H groups in total. The molecule has 1 heterocycles. The molecule has 0 radical (unpaired) electrons. The molecule has 0 unspecified atom stereocenters. The number of nitrogens with one attached hydrogen (secondary N) is 1. The van der Waals surface area contributed by atoms with Crippen LogP contribution in [-0.4, -0.2) is 48.6 Å². The molecule has 2 aromatic rings. The molecule has 2 aromatic carbocycles. The molecule has 23 heavy (non-hydrogen) atoms. The fraction of sp³-hybridized carbons (Fsp3) is 0.421. The van der Waals surface area contributed by atoms with Gasteiger partial charge in [0.15, 0.2) is 0 Å². The van der Waals surface area contributed by atoms with E-state index >= 15 is 0 Å². The average Bonchev–Trinajstić information content (AvgIpc) is 2.55. The minimum absolute atomic E-state index is 0.00514. The summed E-state index contributed by atoms with van der Waals surface area (Å²) in [5, 5.41) is 5.31. The lowest BCUT2D eigenvalue weighted by molar-refractivity contribution is 0.138. The third-order valence-electron chi connectivity index (χ3n) is 4.31. The van der Waals surface area contributed by atoms with E-state index in [0.29, 0.717) is 5.92 Å². The van der Waals surface area contributed by atoms with Crippen LogP contribution >= 0.6 is 0 Å². The van der Waals surface area contributed by atoms with Crippen LogP contribution in [0.15, 0.2) is 42.5 Å². The largest absolute Gasteiger partial charge is 0.322 e. The van der Waals surface area contributed by atoms with Gasteiger partial charge in [0, 0.05) is 38.1 Å². The fourth-order valence-corrected chi connectivity index (χ4v) is 3.18. The van der Waals surface area contributed by atoms with Crippen LogP contribution in [0.1, 0.15) is 13.8 Å². The topological polar surface area (TPSA) is 35.6 Å². The van der Waals surface area contributed by atoms with Gasteiger partial charge in [-0.15, -0.1) is 0 Å². The predicted molar refractivity (Wildman–Crippen MR) is 95.8 cm³/mol. The van der Waals surface area contributed by atoms with E-state index in [1.807, 2.05) is 35.2 Å². The van der Waals surface area contributed by atoms with E-state index in [9.17, 15) is 4.79 Å². The Labute approximate surface area is 138 Å². The van der Waals surface area contributed by atoms with Gasteiger partial charge in [-0.3, -0.25) is 4.90 Å². The van der Waals surface area contributed by atoms with E-state index < -0.39 is 0 Å². The predicted octanol–water partition coefficient (Wildman–Crippen LogP) is 3.65. The van der Waals surface area contributed by atoms with E-state index in [1.54, 1.807) is 0 Å². The number of fused-ring (bicyclic) bond motifs is 1. The SMILES string of the molecule is CC(C)CN1CCN(C(=O)Nc2cccc3ccccc23)CC1. The minimum atomic E-state index is 0.00514. The van der Waals surface area contributed by atoms with Crippen molar-refractivity contribution in [2.24, 2.45) is 5.92 Å². The highest BCUT2D eigenvalue weighted by Gasteiger charge is 2.21. The zero-order chi connectivity index (χ0) is 16.2. The number of piperazine rings is 1. The monoisotopic (exact) mass is 311 g/mol. The molecule has 0 atom stereocenters. The Bertz CT molecular complexity index is 670. The summed E-state index contributed by atoms with van der Waals surface area (Å²) in [6.45, 7) is 9.09. The number of hydrogen-bond acceptors (Lipinski definition) is 2. The van der Waals surface area contributed by atoms with Gasteiger partial charge >= 0.3 is 6.03 Å². The lowest BCUT2D eigenvalue weighted by Gasteiger charge is -2.35. The number of carbonyl (C=O) groups is 1. The summed E-state index contributed by atoms with van der Waals surface area (Å²) < 4.78 is 0. The van der Waals surface area contributed by atoms with Crippen molar-refractivity contribution in [1.29, 1.82) is 0 Å². The van der Waals surface area contributed by atoms with Crippen LogP contribution in [0, 0.1) is 5.92 Å². The number of anilines is 1. The zero-order valence-electron chi connectivity index (χ0n) is 14.0. The van der Waals surface area contributed by atoms with Gasteiger partial charge in [0.05, 0.1) is 5.69 Å². The Morgan fingerprint density at radius 3 is 2.48 bits per heavy atom.